The normalized spacial score (nSPS) is 13.8. The van der Waals surface area contributed by atoms with Gasteiger partial charge in [-0.2, -0.15) is 0 Å². The van der Waals surface area contributed by atoms with Gasteiger partial charge in [0.25, 0.3) is 0 Å². The Labute approximate surface area is 354 Å². The third kappa shape index (κ3) is 7.91. The summed E-state index contributed by atoms with van der Waals surface area (Å²) >= 11 is 7.01. The van der Waals surface area contributed by atoms with Crippen molar-refractivity contribution in [3.63, 3.8) is 0 Å². The summed E-state index contributed by atoms with van der Waals surface area (Å²) in [5.41, 5.74) is 6.06. The molecular formula is C51H45ClN2O6. The first-order valence-corrected chi connectivity index (χ1v) is 20.3. The van der Waals surface area contributed by atoms with Crippen molar-refractivity contribution in [3.05, 3.63) is 202 Å². The molecule has 1 heterocycles. The maximum absolute atomic E-state index is 15.2. The van der Waals surface area contributed by atoms with Gasteiger partial charge >= 0.3 is 18.2 Å². The number of ether oxygens (including phenoxy) is 3. The molecule has 302 valence electrons. The molecule has 9 heteroatoms. The van der Waals surface area contributed by atoms with Gasteiger partial charge in [-0.25, -0.2) is 14.4 Å². The molecule has 7 aromatic rings. The topological polar surface area (TPSA) is 95.9 Å². The summed E-state index contributed by atoms with van der Waals surface area (Å²) in [6.07, 6.45) is 0.222. The van der Waals surface area contributed by atoms with Gasteiger partial charge in [-0.05, 0) is 67.6 Å². The summed E-state index contributed by atoms with van der Waals surface area (Å²) < 4.78 is 20.0. The number of rotatable bonds is 10. The van der Waals surface area contributed by atoms with Crippen molar-refractivity contribution in [3.8, 4) is 11.1 Å². The van der Waals surface area contributed by atoms with Crippen molar-refractivity contribution >= 4 is 40.7 Å². The SMILES string of the molecule is Cc1ccc(C(OC(=O)[C@H](Cc2cn(C(=O)OC(C)(C)C)c3ccccc23)NC(=O)OCC2c3ccccc3-c3ccccc32)(c2ccccc2)c2ccccc2Cl)cc1. The number of benzene rings is 6. The molecule has 1 N–H and O–H groups in total. The molecule has 1 aliphatic carbocycles. The Bertz CT molecular complexity index is 2660. The minimum absolute atomic E-state index is 0.0382. The van der Waals surface area contributed by atoms with Gasteiger partial charge in [0, 0.05) is 45.6 Å². The molecule has 2 atom stereocenters. The first-order chi connectivity index (χ1) is 28.9. The molecule has 0 bridgehead atoms. The number of fused-ring (bicyclic) bond motifs is 4. The summed E-state index contributed by atoms with van der Waals surface area (Å²) in [7, 11) is 0. The van der Waals surface area contributed by atoms with Gasteiger partial charge in [-0.15, -0.1) is 0 Å². The number of halogens is 1. The van der Waals surface area contributed by atoms with Gasteiger partial charge in [0.2, 0.25) is 0 Å². The fourth-order valence-corrected chi connectivity index (χ4v) is 8.42. The van der Waals surface area contributed by atoms with E-state index in [9.17, 15) is 9.59 Å². The molecule has 0 saturated heterocycles. The third-order valence-corrected chi connectivity index (χ3v) is 11.2. The quantitative estimate of drug-likeness (QED) is 0.0839. The van der Waals surface area contributed by atoms with E-state index in [2.05, 4.69) is 17.4 Å². The zero-order chi connectivity index (χ0) is 42.0. The second kappa shape index (κ2) is 16.5. The maximum atomic E-state index is 15.2. The highest BCUT2D eigenvalue weighted by Crippen LogP contribution is 2.46. The van der Waals surface area contributed by atoms with Gasteiger partial charge in [-0.3, -0.25) is 4.57 Å². The second-order valence-corrected chi connectivity index (χ2v) is 16.5. The lowest BCUT2D eigenvalue weighted by atomic mass is 9.79. The standard InChI is InChI=1S/C51H45ClN2O6/c1-33-26-28-36(29-27-33)51(35-16-6-5-7-17-35,43-23-13-14-24-44(43)52)59-47(55)45(30-34-31-54(49(57)60-50(2,3)4)46-25-15-12-18-37(34)46)53-48(56)58-32-42-40-21-10-8-19-38(40)39-20-9-11-22-41(39)42/h5-29,31,42,45H,30,32H2,1-4H3,(H,53,56)/t45-,51?/m0/s1. The summed E-state index contributed by atoms with van der Waals surface area (Å²) in [5.74, 6) is -0.949. The first kappa shape index (κ1) is 40.2. The van der Waals surface area contributed by atoms with Crippen LogP contribution in [0.1, 0.15) is 65.6 Å². The van der Waals surface area contributed by atoms with Crippen LogP contribution >= 0.6 is 11.6 Å². The third-order valence-electron chi connectivity index (χ3n) is 10.9. The predicted octanol–water partition coefficient (Wildman–Crippen LogP) is 11.4. The van der Waals surface area contributed by atoms with Crippen molar-refractivity contribution < 1.29 is 28.6 Å². The average Bonchev–Trinajstić information content (AvgIpc) is 3.77. The van der Waals surface area contributed by atoms with Crippen LogP contribution in [0.3, 0.4) is 0 Å². The Hall–Kier alpha value is -6.64. The largest absolute Gasteiger partial charge is 0.449 e. The molecule has 60 heavy (non-hydrogen) atoms. The van der Waals surface area contributed by atoms with Crippen molar-refractivity contribution in [2.24, 2.45) is 0 Å². The molecule has 1 aliphatic rings. The van der Waals surface area contributed by atoms with Crippen LogP contribution in [0.4, 0.5) is 9.59 Å². The molecule has 8 nitrogen and oxygen atoms in total. The first-order valence-electron chi connectivity index (χ1n) is 20.0. The van der Waals surface area contributed by atoms with Crippen molar-refractivity contribution in [2.75, 3.05) is 6.61 Å². The van der Waals surface area contributed by atoms with Crippen molar-refractivity contribution in [1.29, 1.82) is 0 Å². The highest BCUT2D eigenvalue weighted by Gasteiger charge is 2.44. The fourth-order valence-electron chi connectivity index (χ4n) is 8.15. The van der Waals surface area contributed by atoms with Crippen LogP contribution in [0, 0.1) is 6.92 Å². The van der Waals surface area contributed by atoms with Gasteiger partial charge in [0.05, 0.1) is 5.52 Å². The van der Waals surface area contributed by atoms with E-state index in [1.165, 1.54) is 4.57 Å². The van der Waals surface area contributed by atoms with E-state index in [1.807, 2.05) is 140 Å². The maximum Gasteiger partial charge on any atom is 0.419 e. The number of carbonyl (C=O) groups is 3. The second-order valence-electron chi connectivity index (χ2n) is 16.1. The van der Waals surface area contributed by atoms with E-state index in [0.29, 0.717) is 38.2 Å². The number of carbonyl (C=O) groups excluding carboxylic acids is 3. The Balaban J connectivity index is 1.19. The molecule has 6 aromatic carbocycles. The molecular weight excluding hydrogens is 772 g/mol. The van der Waals surface area contributed by atoms with Gasteiger partial charge in [-0.1, -0.05) is 157 Å². The van der Waals surface area contributed by atoms with Crippen LogP contribution in [0.25, 0.3) is 22.0 Å². The number of hydrogen-bond donors (Lipinski definition) is 1. The number of hydrogen-bond acceptors (Lipinski definition) is 6. The number of amides is 1. The van der Waals surface area contributed by atoms with E-state index in [0.717, 1.165) is 27.8 Å². The molecule has 0 saturated carbocycles. The molecule has 1 aromatic heterocycles. The summed E-state index contributed by atoms with van der Waals surface area (Å²) in [5, 5.41) is 3.97. The average molecular weight is 817 g/mol. The molecule has 1 unspecified atom stereocenters. The minimum Gasteiger partial charge on any atom is -0.449 e. The van der Waals surface area contributed by atoms with Crippen LogP contribution in [-0.2, 0) is 31.0 Å². The molecule has 0 aliphatic heterocycles. The Kier molecular flexibility index (Phi) is 11.1. The smallest absolute Gasteiger partial charge is 0.419 e. The highest BCUT2D eigenvalue weighted by molar-refractivity contribution is 6.31. The van der Waals surface area contributed by atoms with Crippen LogP contribution in [0.5, 0.6) is 0 Å². The lowest BCUT2D eigenvalue weighted by molar-refractivity contribution is -0.156. The van der Waals surface area contributed by atoms with E-state index in [-0.39, 0.29) is 18.9 Å². The number of para-hydroxylation sites is 1. The van der Waals surface area contributed by atoms with Crippen LogP contribution in [0.15, 0.2) is 158 Å². The monoisotopic (exact) mass is 816 g/mol. The van der Waals surface area contributed by atoms with E-state index in [4.69, 9.17) is 25.8 Å². The highest BCUT2D eigenvalue weighted by atomic mass is 35.5. The van der Waals surface area contributed by atoms with Crippen molar-refractivity contribution in [2.45, 2.75) is 57.3 Å². The molecule has 1 amide bonds. The van der Waals surface area contributed by atoms with Crippen LogP contribution < -0.4 is 5.32 Å². The van der Waals surface area contributed by atoms with E-state index in [1.54, 1.807) is 33.0 Å². The molecule has 8 rings (SSSR count). The van der Waals surface area contributed by atoms with Crippen LogP contribution in [0.2, 0.25) is 5.02 Å². The Morgan fingerprint density at radius 3 is 1.95 bits per heavy atom. The number of aryl methyl sites for hydroxylation is 1. The summed E-state index contributed by atoms with van der Waals surface area (Å²) in [4.78, 5) is 42.8. The van der Waals surface area contributed by atoms with Gasteiger partial charge in [0.1, 0.15) is 18.2 Å². The number of aromatic nitrogens is 1. The number of esters is 1. The number of alkyl carbamates (subject to hydrolysis) is 1. The zero-order valence-electron chi connectivity index (χ0n) is 33.9. The Morgan fingerprint density at radius 2 is 1.28 bits per heavy atom. The number of nitrogens with zero attached hydrogens (tertiary/aromatic N) is 1. The zero-order valence-corrected chi connectivity index (χ0v) is 34.6. The van der Waals surface area contributed by atoms with Gasteiger partial charge in [0.15, 0.2) is 5.60 Å². The minimum atomic E-state index is -1.55. The summed E-state index contributed by atoms with van der Waals surface area (Å²) in [6.45, 7) is 7.42. The lowest BCUT2D eigenvalue weighted by Crippen LogP contribution is -2.47. The van der Waals surface area contributed by atoms with E-state index < -0.39 is 35.4 Å². The molecule has 0 fully saturated rings. The fraction of sp³-hybridized carbons (Fsp3) is 0.196. The van der Waals surface area contributed by atoms with E-state index >= 15 is 4.79 Å². The Morgan fingerprint density at radius 1 is 0.700 bits per heavy atom. The number of nitrogens with one attached hydrogen (secondary N) is 1. The van der Waals surface area contributed by atoms with Crippen LogP contribution in [-0.4, -0.2) is 41.0 Å². The molecule has 0 radical (unpaired) electrons. The van der Waals surface area contributed by atoms with Gasteiger partial charge < -0.3 is 19.5 Å². The molecule has 0 spiro atoms. The summed E-state index contributed by atoms with van der Waals surface area (Å²) in [6, 6.07) is 46.7. The predicted molar refractivity (Wildman–Crippen MR) is 234 cm³/mol. The lowest BCUT2D eigenvalue weighted by Gasteiger charge is -2.37. The van der Waals surface area contributed by atoms with Crippen molar-refractivity contribution in [1.82, 2.24) is 9.88 Å².